The predicted molar refractivity (Wildman–Crippen MR) is 83.9 cm³/mol. The van der Waals surface area contributed by atoms with Crippen LogP contribution >= 0.6 is 11.8 Å². The number of nitrogens with one attached hydrogen (secondary N) is 1. The fourth-order valence-corrected chi connectivity index (χ4v) is 4.26. The van der Waals surface area contributed by atoms with Crippen LogP contribution in [0.15, 0.2) is 0 Å². The molecule has 20 heavy (non-hydrogen) atoms. The Labute approximate surface area is 126 Å². The van der Waals surface area contributed by atoms with Crippen LogP contribution in [-0.4, -0.2) is 42.7 Å². The van der Waals surface area contributed by atoms with Gasteiger partial charge in [0.25, 0.3) is 0 Å². The molecule has 0 spiro atoms. The van der Waals surface area contributed by atoms with Crippen LogP contribution in [0.3, 0.4) is 0 Å². The van der Waals surface area contributed by atoms with Gasteiger partial charge in [-0.2, -0.15) is 11.8 Å². The maximum absolute atomic E-state index is 12.0. The number of hydrogen-bond donors (Lipinski definition) is 2. The van der Waals surface area contributed by atoms with E-state index in [-0.39, 0.29) is 5.91 Å². The lowest BCUT2D eigenvalue weighted by atomic mass is 9.84. The number of carbonyl (C=O) groups excluding carboxylic acids is 1. The lowest BCUT2D eigenvalue weighted by molar-refractivity contribution is -0.126. The minimum atomic E-state index is -0.408. The summed E-state index contributed by atoms with van der Waals surface area (Å²) in [7, 11) is 1.74. The SMILES string of the molecule is COCCCSCCC1CCCC1(NC1CC1)C(N)=O. The van der Waals surface area contributed by atoms with E-state index in [1.165, 1.54) is 12.8 Å². The van der Waals surface area contributed by atoms with E-state index in [1.807, 2.05) is 11.8 Å². The van der Waals surface area contributed by atoms with E-state index in [0.29, 0.717) is 12.0 Å². The molecule has 0 aliphatic heterocycles. The molecule has 5 heteroatoms. The molecule has 1 amide bonds. The van der Waals surface area contributed by atoms with Crippen LogP contribution in [0.2, 0.25) is 0 Å². The molecule has 0 aromatic heterocycles. The van der Waals surface area contributed by atoms with Gasteiger partial charge in [0.1, 0.15) is 5.54 Å². The van der Waals surface area contributed by atoms with Crippen molar-refractivity contribution in [2.24, 2.45) is 11.7 Å². The van der Waals surface area contributed by atoms with Crippen molar-refractivity contribution in [3.63, 3.8) is 0 Å². The molecule has 2 unspecified atom stereocenters. The first-order valence-electron chi connectivity index (χ1n) is 7.83. The van der Waals surface area contributed by atoms with Crippen LogP contribution in [0.25, 0.3) is 0 Å². The molecule has 3 N–H and O–H groups in total. The Morgan fingerprint density at radius 3 is 2.85 bits per heavy atom. The fraction of sp³-hybridized carbons (Fsp3) is 0.933. The lowest BCUT2D eigenvalue weighted by Crippen LogP contribution is -2.58. The number of methoxy groups -OCH3 is 1. The second-order valence-electron chi connectivity index (χ2n) is 6.09. The topological polar surface area (TPSA) is 64.3 Å². The van der Waals surface area contributed by atoms with E-state index in [4.69, 9.17) is 10.5 Å². The molecule has 2 rings (SSSR count). The van der Waals surface area contributed by atoms with Gasteiger partial charge >= 0.3 is 0 Å². The van der Waals surface area contributed by atoms with Crippen molar-refractivity contribution in [2.75, 3.05) is 25.2 Å². The normalized spacial score (nSPS) is 29.8. The monoisotopic (exact) mass is 300 g/mol. The van der Waals surface area contributed by atoms with Crippen molar-refractivity contribution in [2.45, 2.75) is 56.5 Å². The summed E-state index contributed by atoms with van der Waals surface area (Å²) in [5, 5.41) is 3.57. The second-order valence-corrected chi connectivity index (χ2v) is 7.32. The first-order valence-corrected chi connectivity index (χ1v) is 8.99. The van der Waals surface area contributed by atoms with Gasteiger partial charge in [0.15, 0.2) is 0 Å². The summed E-state index contributed by atoms with van der Waals surface area (Å²) >= 11 is 1.97. The molecule has 0 aromatic rings. The van der Waals surface area contributed by atoms with E-state index in [9.17, 15) is 4.79 Å². The Kier molecular flexibility index (Phi) is 6.18. The quantitative estimate of drug-likeness (QED) is 0.605. The molecule has 0 saturated heterocycles. The van der Waals surface area contributed by atoms with Gasteiger partial charge < -0.3 is 15.8 Å². The van der Waals surface area contributed by atoms with Crippen molar-refractivity contribution >= 4 is 17.7 Å². The minimum absolute atomic E-state index is 0.128. The highest BCUT2D eigenvalue weighted by Crippen LogP contribution is 2.40. The van der Waals surface area contributed by atoms with Crippen LogP contribution < -0.4 is 11.1 Å². The van der Waals surface area contributed by atoms with Gasteiger partial charge in [-0.1, -0.05) is 6.42 Å². The van der Waals surface area contributed by atoms with Crippen molar-refractivity contribution in [1.82, 2.24) is 5.32 Å². The average Bonchev–Trinajstić information content (AvgIpc) is 3.13. The van der Waals surface area contributed by atoms with Crippen LogP contribution in [-0.2, 0) is 9.53 Å². The van der Waals surface area contributed by atoms with Gasteiger partial charge in [-0.15, -0.1) is 0 Å². The molecule has 0 bridgehead atoms. The molecule has 0 aromatic carbocycles. The molecule has 0 heterocycles. The van der Waals surface area contributed by atoms with E-state index in [0.717, 1.165) is 50.2 Å². The van der Waals surface area contributed by atoms with Crippen LogP contribution in [0.5, 0.6) is 0 Å². The standard InChI is InChI=1S/C15H28N2O2S/c1-19-9-3-10-20-11-7-12-4-2-8-15(12,14(16)18)17-13-5-6-13/h12-13,17H,2-11H2,1H3,(H2,16,18). The van der Waals surface area contributed by atoms with E-state index in [1.54, 1.807) is 7.11 Å². The molecule has 0 radical (unpaired) electrons. The molecule has 2 aliphatic rings. The minimum Gasteiger partial charge on any atom is -0.385 e. The maximum Gasteiger partial charge on any atom is 0.238 e. The number of thioether (sulfide) groups is 1. The van der Waals surface area contributed by atoms with Crippen molar-refractivity contribution < 1.29 is 9.53 Å². The first kappa shape index (κ1) is 16.1. The number of nitrogens with two attached hydrogens (primary N) is 1. The molecule has 2 aliphatic carbocycles. The summed E-state index contributed by atoms with van der Waals surface area (Å²) < 4.78 is 5.05. The molecule has 2 atom stereocenters. The molecule has 4 nitrogen and oxygen atoms in total. The van der Waals surface area contributed by atoms with Gasteiger partial charge in [-0.05, 0) is 55.9 Å². The summed E-state index contributed by atoms with van der Waals surface area (Å²) in [6.45, 7) is 0.838. The van der Waals surface area contributed by atoms with Crippen LogP contribution in [0.1, 0.15) is 44.9 Å². The van der Waals surface area contributed by atoms with Crippen LogP contribution in [0, 0.1) is 5.92 Å². The smallest absolute Gasteiger partial charge is 0.238 e. The summed E-state index contributed by atoms with van der Waals surface area (Å²) in [4.78, 5) is 12.0. The Morgan fingerprint density at radius 2 is 2.20 bits per heavy atom. The first-order chi connectivity index (χ1) is 9.69. The average molecular weight is 300 g/mol. The lowest BCUT2D eigenvalue weighted by Gasteiger charge is -2.34. The van der Waals surface area contributed by atoms with E-state index >= 15 is 0 Å². The third-order valence-corrected chi connectivity index (χ3v) is 5.65. The molecular formula is C15H28N2O2S. The van der Waals surface area contributed by atoms with Gasteiger partial charge in [0.05, 0.1) is 0 Å². The number of amides is 1. The summed E-state index contributed by atoms with van der Waals surface area (Å²) in [5.41, 5.74) is 5.34. The Hall–Kier alpha value is -0.260. The number of primary amides is 1. The number of rotatable bonds is 10. The zero-order valence-corrected chi connectivity index (χ0v) is 13.3. The Balaban J connectivity index is 1.77. The molecule has 116 valence electrons. The second kappa shape index (κ2) is 7.66. The van der Waals surface area contributed by atoms with Crippen LogP contribution in [0.4, 0.5) is 0 Å². The number of ether oxygens (including phenoxy) is 1. The van der Waals surface area contributed by atoms with Gasteiger partial charge in [0.2, 0.25) is 5.91 Å². The zero-order valence-electron chi connectivity index (χ0n) is 12.5. The number of carbonyl (C=O) groups is 1. The highest BCUT2D eigenvalue weighted by atomic mass is 32.2. The van der Waals surface area contributed by atoms with Gasteiger partial charge in [0, 0.05) is 19.8 Å². The van der Waals surface area contributed by atoms with E-state index in [2.05, 4.69) is 5.32 Å². The zero-order chi connectivity index (χ0) is 14.4. The van der Waals surface area contributed by atoms with Crippen molar-refractivity contribution in [1.29, 1.82) is 0 Å². The Bertz CT molecular complexity index is 323. The van der Waals surface area contributed by atoms with Crippen molar-refractivity contribution in [3.05, 3.63) is 0 Å². The van der Waals surface area contributed by atoms with Gasteiger partial charge in [-0.3, -0.25) is 4.79 Å². The van der Waals surface area contributed by atoms with E-state index < -0.39 is 5.54 Å². The third-order valence-electron chi connectivity index (χ3n) is 4.55. The summed E-state index contributed by atoms with van der Waals surface area (Å²) in [5.74, 6) is 2.56. The highest BCUT2D eigenvalue weighted by Gasteiger charge is 2.49. The predicted octanol–water partition coefficient (Wildman–Crippen LogP) is 1.92. The molecular weight excluding hydrogens is 272 g/mol. The third kappa shape index (κ3) is 4.12. The molecule has 2 fully saturated rings. The number of hydrogen-bond acceptors (Lipinski definition) is 4. The highest BCUT2D eigenvalue weighted by molar-refractivity contribution is 7.99. The maximum atomic E-state index is 12.0. The largest absolute Gasteiger partial charge is 0.385 e. The summed E-state index contributed by atoms with van der Waals surface area (Å²) in [6, 6.07) is 0.539. The molecule has 2 saturated carbocycles. The summed E-state index contributed by atoms with van der Waals surface area (Å²) in [6.07, 6.45) is 7.80. The van der Waals surface area contributed by atoms with Crippen molar-refractivity contribution in [3.8, 4) is 0 Å². The van der Waals surface area contributed by atoms with Gasteiger partial charge in [-0.25, -0.2) is 0 Å². The fourth-order valence-electron chi connectivity index (χ4n) is 3.28. The Morgan fingerprint density at radius 1 is 1.40 bits per heavy atom.